The first kappa shape index (κ1) is 19.7. The molecule has 1 N–H and O–H groups in total. The normalized spacial score (nSPS) is 17.6. The van der Waals surface area contributed by atoms with Gasteiger partial charge in [-0.1, -0.05) is 23.5 Å². The summed E-state index contributed by atoms with van der Waals surface area (Å²) in [5.41, 5.74) is 0.755. The Balaban J connectivity index is 1.53. The largest absolute Gasteiger partial charge is 0.416 e. The molecule has 31 heavy (non-hydrogen) atoms. The predicted molar refractivity (Wildman–Crippen MR) is 111 cm³/mol. The minimum absolute atomic E-state index is 0.0780. The number of halogens is 3. The van der Waals surface area contributed by atoms with Crippen LogP contribution in [0.2, 0.25) is 0 Å². The lowest BCUT2D eigenvalue weighted by atomic mass is 10.1. The predicted octanol–water partition coefficient (Wildman–Crippen LogP) is 4.56. The van der Waals surface area contributed by atoms with Crippen molar-refractivity contribution in [3.63, 3.8) is 0 Å². The Morgan fingerprint density at radius 3 is 2.81 bits per heavy atom. The van der Waals surface area contributed by atoms with E-state index in [1.54, 1.807) is 24.0 Å². The van der Waals surface area contributed by atoms with Gasteiger partial charge in [-0.3, -0.25) is 10.2 Å². The number of nitrogens with zero attached hydrogens (tertiary/aromatic N) is 5. The third-order valence-electron chi connectivity index (χ3n) is 5.40. The number of nitrogens with one attached hydrogen (secondary N) is 1. The summed E-state index contributed by atoms with van der Waals surface area (Å²) < 4.78 is 39.4. The molecule has 0 unspecified atom stereocenters. The lowest BCUT2D eigenvalue weighted by Crippen LogP contribution is -2.48. The first-order valence-electron chi connectivity index (χ1n) is 9.63. The highest BCUT2D eigenvalue weighted by atomic mass is 32.1. The Kier molecular flexibility index (Phi) is 4.58. The Bertz CT molecular complexity index is 1160. The van der Waals surface area contributed by atoms with E-state index in [1.807, 2.05) is 6.07 Å². The number of carbonyl (C=O) groups excluding carboxylic acids is 1. The quantitative estimate of drug-likeness (QED) is 0.625. The molecule has 2 aliphatic heterocycles. The fourth-order valence-corrected chi connectivity index (χ4v) is 4.57. The minimum atomic E-state index is -4.44. The van der Waals surface area contributed by atoms with Crippen molar-refractivity contribution in [2.45, 2.75) is 25.6 Å². The molecule has 2 bridgehead atoms. The highest BCUT2D eigenvalue weighted by molar-refractivity contribution is 7.15. The van der Waals surface area contributed by atoms with Gasteiger partial charge in [0, 0.05) is 18.7 Å². The summed E-state index contributed by atoms with van der Waals surface area (Å²) in [4.78, 5) is 21.5. The van der Waals surface area contributed by atoms with E-state index in [0.29, 0.717) is 28.8 Å². The maximum absolute atomic E-state index is 13.1. The van der Waals surface area contributed by atoms with Gasteiger partial charge in [-0.05, 0) is 37.6 Å². The fraction of sp³-hybridized carbons (Fsp3) is 0.300. The van der Waals surface area contributed by atoms with Crippen molar-refractivity contribution in [3.05, 3.63) is 47.0 Å². The second-order valence-electron chi connectivity index (χ2n) is 7.43. The van der Waals surface area contributed by atoms with Crippen molar-refractivity contribution in [1.82, 2.24) is 15.2 Å². The summed E-state index contributed by atoms with van der Waals surface area (Å²) in [6.07, 6.45) is -3.67. The number of benzene rings is 1. The number of carbonyl (C=O) groups is 1. The molecule has 2 aromatic heterocycles. The molecular weight excluding hydrogens is 429 g/mol. The average molecular weight is 446 g/mol. The topological polar surface area (TPSA) is 74.2 Å². The van der Waals surface area contributed by atoms with Gasteiger partial charge >= 0.3 is 12.2 Å². The second-order valence-corrected chi connectivity index (χ2v) is 8.61. The molecule has 5 rings (SSSR count). The van der Waals surface area contributed by atoms with E-state index in [1.165, 1.54) is 17.4 Å². The number of urea groups is 1. The lowest BCUT2D eigenvalue weighted by molar-refractivity contribution is -0.137. The monoisotopic (exact) mass is 446 g/mol. The molecule has 0 radical (unpaired) electrons. The summed E-state index contributed by atoms with van der Waals surface area (Å²) in [6, 6.07) is 8.08. The van der Waals surface area contributed by atoms with Crippen LogP contribution in [0.3, 0.4) is 0 Å². The number of aryl methyl sites for hydroxylation is 1. The molecule has 2 aliphatic rings. The summed E-state index contributed by atoms with van der Waals surface area (Å²) in [5, 5.41) is 11.7. The molecule has 3 aromatic rings. The van der Waals surface area contributed by atoms with Crippen molar-refractivity contribution in [1.29, 1.82) is 0 Å². The molecule has 1 saturated heterocycles. The molecule has 1 fully saturated rings. The van der Waals surface area contributed by atoms with Crippen LogP contribution in [-0.4, -0.2) is 40.3 Å². The van der Waals surface area contributed by atoms with Crippen LogP contribution >= 0.6 is 11.3 Å². The third-order valence-corrected chi connectivity index (χ3v) is 6.15. The van der Waals surface area contributed by atoms with E-state index in [0.717, 1.165) is 35.8 Å². The lowest BCUT2D eigenvalue weighted by Gasteiger charge is -2.35. The Morgan fingerprint density at radius 2 is 2.06 bits per heavy atom. The molecule has 160 valence electrons. The van der Waals surface area contributed by atoms with Gasteiger partial charge in [0.1, 0.15) is 5.01 Å². The Labute approximate surface area is 179 Å². The van der Waals surface area contributed by atoms with Crippen LogP contribution < -0.4 is 15.1 Å². The number of amides is 2. The van der Waals surface area contributed by atoms with Gasteiger partial charge in [0.2, 0.25) is 5.13 Å². The standard InChI is InChI=1S/C20H17F3N6OS/c1-11-26-27-18(31-11)25-19(30)29-14-7-8-28(10-14)16-6-5-15(24-17(16)29)12-3-2-4-13(9-12)20(21,22)23/h2-6,9,14H,7-8,10H2,1H3,(H,25,27,30)/t14-/m0/s1. The van der Waals surface area contributed by atoms with Gasteiger partial charge in [0.05, 0.1) is 23.0 Å². The van der Waals surface area contributed by atoms with Crippen LogP contribution in [0.25, 0.3) is 11.3 Å². The number of pyridine rings is 1. The van der Waals surface area contributed by atoms with Crippen molar-refractivity contribution >= 4 is 34.0 Å². The van der Waals surface area contributed by atoms with E-state index in [-0.39, 0.29) is 12.1 Å². The highest BCUT2D eigenvalue weighted by Crippen LogP contribution is 2.41. The first-order chi connectivity index (χ1) is 14.8. The van der Waals surface area contributed by atoms with Crippen LogP contribution in [0.4, 0.5) is 34.6 Å². The zero-order valence-corrected chi connectivity index (χ0v) is 17.2. The molecule has 0 aliphatic carbocycles. The molecule has 7 nitrogen and oxygen atoms in total. The molecular formula is C20H17F3N6OS. The van der Waals surface area contributed by atoms with Crippen LogP contribution in [0.15, 0.2) is 36.4 Å². The number of rotatable bonds is 2. The number of anilines is 3. The zero-order valence-electron chi connectivity index (χ0n) is 16.3. The fourth-order valence-electron chi connectivity index (χ4n) is 3.99. The van der Waals surface area contributed by atoms with Crippen molar-refractivity contribution < 1.29 is 18.0 Å². The number of aromatic nitrogens is 3. The number of hydrogen-bond donors (Lipinski definition) is 1. The van der Waals surface area contributed by atoms with Crippen molar-refractivity contribution in [3.8, 4) is 11.3 Å². The number of fused-ring (bicyclic) bond motifs is 4. The molecule has 11 heteroatoms. The minimum Gasteiger partial charge on any atom is -0.366 e. The molecule has 1 aromatic carbocycles. The van der Waals surface area contributed by atoms with Gasteiger partial charge in [-0.2, -0.15) is 13.2 Å². The SMILES string of the molecule is Cc1nnc(NC(=O)N2c3nc(-c4cccc(C(F)(F)F)c4)ccc3N3CC[C@H]2C3)s1. The molecule has 4 heterocycles. The van der Waals surface area contributed by atoms with E-state index in [4.69, 9.17) is 0 Å². The van der Waals surface area contributed by atoms with Crippen LogP contribution in [-0.2, 0) is 6.18 Å². The maximum atomic E-state index is 13.1. The first-order valence-corrected chi connectivity index (χ1v) is 10.5. The van der Waals surface area contributed by atoms with Gasteiger partial charge < -0.3 is 4.90 Å². The summed E-state index contributed by atoms with van der Waals surface area (Å²) >= 11 is 1.27. The van der Waals surface area contributed by atoms with Gasteiger partial charge in [-0.25, -0.2) is 9.78 Å². The summed E-state index contributed by atoms with van der Waals surface area (Å²) in [6.45, 7) is 3.26. The van der Waals surface area contributed by atoms with Crippen molar-refractivity contribution in [2.75, 3.05) is 28.2 Å². The van der Waals surface area contributed by atoms with Crippen molar-refractivity contribution in [2.24, 2.45) is 0 Å². The average Bonchev–Trinajstić information content (AvgIpc) is 3.34. The van der Waals surface area contributed by atoms with Crippen LogP contribution in [0.5, 0.6) is 0 Å². The van der Waals surface area contributed by atoms with E-state index in [9.17, 15) is 18.0 Å². The van der Waals surface area contributed by atoms with E-state index >= 15 is 0 Å². The third kappa shape index (κ3) is 3.58. The Morgan fingerprint density at radius 1 is 1.23 bits per heavy atom. The molecule has 0 saturated carbocycles. The van der Waals surface area contributed by atoms with Crippen LogP contribution in [0.1, 0.15) is 17.0 Å². The van der Waals surface area contributed by atoms with Crippen LogP contribution in [0, 0.1) is 6.92 Å². The van der Waals surface area contributed by atoms with Gasteiger partial charge in [0.15, 0.2) is 5.82 Å². The Hall–Kier alpha value is -3.21. The molecule has 2 amide bonds. The summed E-state index contributed by atoms with van der Waals surface area (Å²) in [5.74, 6) is 0.433. The number of alkyl halides is 3. The molecule has 0 spiro atoms. The van der Waals surface area contributed by atoms with E-state index in [2.05, 4.69) is 25.4 Å². The zero-order chi connectivity index (χ0) is 21.8. The summed E-state index contributed by atoms with van der Waals surface area (Å²) in [7, 11) is 0. The highest BCUT2D eigenvalue weighted by Gasteiger charge is 2.40. The maximum Gasteiger partial charge on any atom is 0.416 e. The molecule has 1 atom stereocenters. The van der Waals surface area contributed by atoms with Gasteiger partial charge in [0.25, 0.3) is 0 Å². The second kappa shape index (κ2) is 7.19. The number of hydrogen-bond acceptors (Lipinski definition) is 6. The van der Waals surface area contributed by atoms with Gasteiger partial charge in [-0.15, -0.1) is 10.2 Å². The smallest absolute Gasteiger partial charge is 0.366 e. The van der Waals surface area contributed by atoms with E-state index < -0.39 is 11.7 Å².